The molecule has 1 aromatic heterocycles. The molecule has 0 unspecified atom stereocenters. The molecule has 1 aliphatic heterocycles. The molecule has 1 aliphatic rings. The van der Waals surface area contributed by atoms with Crippen LogP contribution in [0.3, 0.4) is 0 Å². The number of hydrogen-bond acceptors (Lipinski definition) is 3. The van der Waals surface area contributed by atoms with Crippen molar-refractivity contribution in [3.05, 3.63) is 86.5 Å². The van der Waals surface area contributed by atoms with Crippen molar-refractivity contribution >= 4 is 62.1 Å². The minimum atomic E-state index is -0.151. The molecule has 2 heterocycles. The first-order valence-corrected chi connectivity index (χ1v) is 10.5. The number of hydrogen-bond donors (Lipinski definition) is 1. The van der Waals surface area contributed by atoms with Gasteiger partial charge >= 0.3 is 0 Å². The summed E-state index contributed by atoms with van der Waals surface area (Å²) in [6.07, 6.45) is 3.82. The Balaban J connectivity index is 1.62. The minimum Gasteiger partial charge on any atom is -0.317 e. The molecule has 0 radical (unpaired) electrons. The van der Waals surface area contributed by atoms with E-state index in [1.54, 1.807) is 0 Å². The summed E-state index contributed by atoms with van der Waals surface area (Å²) in [7, 11) is 0. The maximum absolute atomic E-state index is 12.4. The number of thioether (sulfide) groups is 1. The predicted octanol–water partition coefficient (Wildman–Crippen LogP) is 6.09. The summed E-state index contributed by atoms with van der Waals surface area (Å²) < 4.78 is 3.01. The molecule has 2 aromatic carbocycles. The van der Waals surface area contributed by atoms with Crippen molar-refractivity contribution in [3.8, 4) is 5.69 Å². The van der Waals surface area contributed by atoms with E-state index in [0.717, 1.165) is 27.1 Å². The van der Waals surface area contributed by atoms with Crippen LogP contribution in [0.5, 0.6) is 0 Å². The predicted molar refractivity (Wildman–Crippen MR) is 120 cm³/mol. The number of aromatic nitrogens is 1. The lowest BCUT2D eigenvalue weighted by molar-refractivity contribution is -0.115. The van der Waals surface area contributed by atoms with Gasteiger partial charge in [-0.2, -0.15) is 0 Å². The van der Waals surface area contributed by atoms with Crippen molar-refractivity contribution in [2.45, 2.75) is 6.92 Å². The van der Waals surface area contributed by atoms with Crippen LogP contribution < -0.4 is 5.32 Å². The number of amides is 1. The Morgan fingerprint density at radius 3 is 2.71 bits per heavy atom. The van der Waals surface area contributed by atoms with E-state index in [0.29, 0.717) is 15.1 Å². The second kappa shape index (κ2) is 7.99. The molecule has 1 N–H and O–H groups in total. The van der Waals surface area contributed by atoms with Crippen LogP contribution in [0.2, 0.25) is 5.02 Å². The molecule has 0 bridgehead atoms. The van der Waals surface area contributed by atoms with Crippen molar-refractivity contribution in [1.29, 1.82) is 0 Å². The maximum Gasteiger partial charge on any atom is 0.264 e. The topological polar surface area (TPSA) is 46.4 Å². The lowest BCUT2D eigenvalue weighted by atomic mass is 10.2. The van der Waals surface area contributed by atoms with Crippen LogP contribution in [0, 0.1) is 6.92 Å². The third-order valence-electron chi connectivity index (χ3n) is 4.20. The first-order chi connectivity index (χ1) is 13.5. The molecule has 0 saturated carbocycles. The van der Waals surface area contributed by atoms with Crippen LogP contribution in [0.1, 0.15) is 11.3 Å². The van der Waals surface area contributed by atoms with Gasteiger partial charge in [0.15, 0.2) is 5.17 Å². The Morgan fingerprint density at radius 1 is 1.18 bits per heavy atom. The quantitative estimate of drug-likeness (QED) is 0.469. The zero-order chi connectivity index (χ0) is 19.7. The van der Waals surface area contributed by atoms with Crippen LogP contribution in [-0.2, 0) is 4.79 Å². The van der Waals surface area contributed by atoms with Crippen LogP contribution >= 0.6 is 39.3 Å². The Morgan fingerprint density at radius 2 is 1.96 bits per heavy atom. The first-order valence-electron chi connectivity index (χ1n) is 8.49. The van der Waals surface area contributed by atoms with E-state index in [4.69, 9.17) is 11.6 Å². The minimum absolute atomic E-state index is 0.151. The molecule has 7 heteroatoms. The molecule has 3 aromatic rings. The average molecular weight is 473 g/mol. The fourth-order valence-corrected chi connectivity index (χ4v) is 4.24. The number of aryl methyl sites for hydroxylation is 1. The SMILES string of the molecule is Cc1cc(Br)ccc1N=C1NC(=O)/C(=C/c2cccn2-c2ccc(Cl)cc2)S1. The zero-order valence-corrected chi connectivity index (χ0v) is 18.0. The van der Waals surface area contributed by atoms with Crippen LogP contribution in [0.4, 0.5) is 5.69 Å². The molecule has 28 heavy (non-hydrogen) atoms. The molecule has 1 fully saturated rings. The smallest absolute Gasteiger partial charge is 0.264 e. The summed E-state index contributed by atoms with van der Waals surface area (Å²) in [6.45, 7) is 1.99. The number of nitrogens with zero attached hydrogens (tertiary/aromatic N) is 2. The lowest BCUT2D eigenvalue weighted by Gasteiger charge is -2.06. The van der Waals surface area contributed by atoms with Gasteiger partial charge in [-0.3, -0.25) is 4.79 Å². The van der Waals surface area contributed by atoms with Crippen LogP contribution in [-0.4, -0.2) is 15.6 Å². The Kier molecular flexibility index (Phi) is 5.44. The molecule has 0 atom stereocenters. The van der Waals surface area contributed by atoms with E-state index < -0.39 is 0 Å². The number of carbonyl (C=O) groups excluding carboxylic acids is 1. The highest BCUT2D eigenvalue weighted by Crippen LogP contribution is 2.30. The highest BCUT2D eigenvalue weighted by molar-refractivity contribution is 9.10. The van der Waals surface area contributed by atoms with Crippen LogP contribution in [0.15, 0.2) is 75.2 Å². The number of aliphatic imine (C=N–C) groups is 1. The fourth-order valence-electron chi connectivity index (χ4n) is 2.82. The fraction of sp³-hybridized carbons (Fsp3) is 0.0476. The van der Waals surface area contributed by atoms with Crippen molar-refractivity contribution in [3.63, 3.8) is 0 Å². The van der Waals surface area contributed by atoms with Gasteiger partial charge < -0.3 is 9.88 Å². The third-order valence-corrected chi connectivity index (χ3v) is 5.85. The second-order valence-electron chi connectivity index (χ2n) is 6.19. The normalized spacial score (nSPS) is 16.8. The summed E-state index contributed by atoms with van der Waals surface area (Å²) >= 11 is 10.8. The van der Waals surface area contributed by atoms with E-state index in [1.807, 2.05) is 78.4 Å². The van der Waals surface area contributed by atoms with Gasteiger partial charge in [-0.1, -0.05) is 27.5 Å². The number of halogens is 2. The van der Waals surface area contributed by atoms with Crippen molar-refractivity contribution in [2.75, 3.05) is 0 Å². The van der Waals surface area contributed by atoms with E-state index >= 15 is 0 Å². The number of benzene rings is 2. The van der Waals surface area contributed by atoms with Gasteiger partial charge in [0.05, 0.1) is 10.6 Å². The highest BCUT2D eigenvalue weighted by atomic mass is 79.9. The Hall–Kier alpha value is -2.28. The standard InChI is InChI=1S/C21H15BrClN3OS/c1-13-11-14(22)4-9-18(13)24-21-25-20(27)19(28-21)12-17-3-2-10-26(17)16-7-5-15(23)6-8-16/h2-12H,1H3,(H,24,25,27)/b19-12-. The summed E-state index contributed by atoms with van der Waals surface area (Å²) in [5.41, 5.74) is 3.74. The van der Waals surface area contributed by atoms with Crippen LogP contribution in [0.25, 0.3) is 11.8 Å². The third kappa shape index (κ3) is 4.09. The summed E-state index contributed by atoms with van der Waals surface area (Å²) in [6, 6.07) is 17.3. The molecule has 0 spiro atoms. The molecule has 1 amide bonds. The van der Waals surface area contributed by atoms with E-state index in [9.17, 15) is 4.79 Å². The molecule has 140 valence electrons. The molecule has 4 nitrogen and oxygen atoms in total. The van der Waals surface area contributed by atoms with E-state index in [1.165, 1.54) is 11.8 Å². The number of amidine groups is 1. The van der Waals surface area contributed by atoms with Gasteiger partial charge in [-0.15, -0.1) is 0 Å². The highest BCUT2D eigenvalue weighted by Gasteiger charge is 2.24. The largest absolute Gasteiger partial charge is 0.317 e. The zero-order valence-electron chi connectivity index (χ0n) is 14.8. The van der Waals surface area contributed by atoms with Gasteiger partial charge in [0, 0.05) is 27.1 Å². The van der Waals surface area contributed by atoms with Gasteiger partial charge in [0.25, 0.3) is 5.91 Å². The first kappa shape index (κ1) is 19.1. The second-order valence-corrected chi connectivity index (χ2v) is 8.57. The van der Waals surface area contributed by atoms with E-state index in [2.05, 4.69) is 26.2 Å². The molecular weight excluding hydrogens is 458 g/mol. The monoisotopic (exact) mass is 471 g/mol. The lowest BCUT2D eigenvalue weighted by Crippen LogP contribution is -2.19. The number of rotatable bonds is 3. The molecule has 4 rings (SSSR count). The average Bonchev–Trinajstić information content (AvgIpc) is 3.25. The summed E-state index contributed by atoms with van der Waals surface area (Å²) in [5.74, 6) is -0.151. The Bertz CT molecular complexity index is 1120. The van der Waals surface area contributed by atoms with Gasteiger partial charge in [0.2, 0.25) is 0 Å². The number of nitrogens with one attached hydrogen (secondary N) is 1. The van der Waals surface area contributed by atoms with Crippen molar-refractivity contribution < 1.29 is 4.79 Å². The molecule has 0 aliphatic carbocycles. The molecule has 1 saturated heterocycles. The van der Waals surface area contributed by atoms with Gasteiger partial charge in [0.1, 0.15) is 0 Å². The van der Waals surface area contributed by atoms with Crippen molar-refractivity contribution in [1.82, 2.24) is 9.88 Å². The molecular formula is C21H15BrClN3OS. The van der Waals surface area contributed by atoms with E-state index in [-0.39, 0.29) is 5.91 Å². The summed E-state index contributed by atoms with van der Waals surface area (Å²) in [4.78, 5) is 17.6. The van der Waals surface area contributed by atoms with Gasteiger partial charge in [-0.25, -0.2) is 4.99 Å². The summed E-state index contributed by atoms with van der Waals surface area (Å²) in [5, 5.41) is 4.10. The van der Waals surface area contributed by atoms with Crippen molar-refractivity contribution in [2.24, 2.45) is 4.99 Å². The van der Waals surface area contributed by atoms with Gasteiger partial charge in [-0.05, 0) is 84.9 Å². The maximum atomic E-state index is 12.4. The number of carbonyl (C=O) groups is 1. The Labute approximate surface area is 180 Å².